The van der Waals surface area contributed by atoms with E-state index in [1.54, 1.807) is 0 Å². The van der Waals surface area contributed by atoms with Crippen LogP contribution in [0.1, 0.15) is 21.5 Å². The summed E-state index contributed by atoms with van der Waals surface area (Å²) in [5, 5.41) is 9.79. The molecule has 0 radical (unpaired) electrons. The summed E-state index contributed by atoms with van der Waals surface area (Å²) in [6, 6.07) is 8.29. The molecule has 0 aliphatic carbocycles. The second-order valence-corrected chi connectivity index (χ2v) is 6.68. The van der Waals surface area contributed by atoms with Gasteiger partial charge >= 0.3 is 0 Å². The van der Waals surface area contributed by atoms with Gasteiger partial charge in [0.05, 0.1) is 18.2 Å². The van der Waals surface area contributed by atoms with E-state index in [0.29, 0.717) is 11.5 Å². The van der Waals surface area contributed by atoms with Crippen molar-refractivity contribution < 1.29 is 9.90 Å². The molecule has 3 N–H and O–H groups in total. The van der Waals surface area contributed by atoms with E-state index in [9.17, 15) is 9.90 Å². The lowest BCUT2D eigenvalue weighted by molar-refractivity contribution is 0.0999. The van der Waals surface area contributed by atoms with Crippen molar-refractivity contribution in [3.8, 4) is 0 Å². The first kappa shape index (κ1) is 19.0. The number of piperazine rings is 1. The van der Waals surface area contributed by atoms with Gasteiger partial charge in [-0.3, -0.25) is 9.69 Å². The van der Waals surface area contributed by atoms with Gasteiger partial charge in [-0.05, 0) is 12.5 Å². The molecule has 7 nitrogen and oxygen atoms in total. The molecule has 27 heavy (non-hydrogen) atoms. The van der Waals surface area contributed by atoms with Crippen molar-refractivity contribution >= 4 is 17.9 Å². The van der Waals surface area contributed by atoms with Gasteiger partial charge in [0.2, 0.25) is 5.95 Å². The maximum absolute atomic E-state index is 11.1. The molecule has 1 aliphatic heterocycles. The van der Waals surface area contributed by atoms with Crippen molar-refractivity contribution in [2.75, 3.05) is 37.7 Å². The number of benzene rings is 1. The highest BCUT2D eigenvalue weighted by Crippen LogP contribution is 2.14. The van der Waals surface area contributed by atoms with Crippen molar-refractivity contribution in [2.45, 2.75) is 13.0 Å². The third-order valence-electron chi connectivity index (χ3n) is 4.76. The molecular formula is C20H25N5O2. The first-order chi connectivity index (χ1) is 13.1. The molecule has 2 heterocycles. The Hall–Kier alpha value is -2.77. The number of carbonyl (C=O) groups excluding carboxylic acids is 1. The lowest BCUT2D eigenvalue weighted by Crippen LogP contribution is -2.51. The summed E-state index contributed by atoms with van der Waals surface area (Å²) in [5.41, 5.74) is 7.88. The van der Waals surface area contributed by atoms with Crippen LogP contribution in [0.25, 0.3) is 6.08 Å². The van der Waals surface area contributed by atoms with E-state index in [0.717, 1.165) is 31.7 Å². The van der Waals surface area contributed by atoms with Crippen LogP contribution in [0.5, 0.6) is 0 Å². The second-order valence-electron chi connectivity index (χ2n) is 6.68. The van der Waals surface area contributed by atoms with E-state index in [2.05, 4.69) is 63.1 Å². The minimum Gasteiger partial charge on any atom is -0.394 e. The molecule has 1 aromatic heterocycles. The number of aryl methyl sites for hydroxylation is 1. The van der Waals surface area contributed by atoms with Crippen molar-refractivity contribution in [1.29, 1.82) is 0 Å². The van der Waals surface area contributed by atoms with Gasteiger partial charge in [0, 0.05) is 38.6 Å². The summed E-state index contributed by atoms with van der Waals surface area (Å²) in [6.45, 7) is 5.24. The van der Waals surface area contributed by atoms with Gasteiger partial charge in [-0.2, -0.15) is 0 Å². The normalized spacial score (nSPS) is 16.6. The van der Waals surface area contributed by atoms with Crippen LogP contribution in [0.2, 0.25) is 0 Å². The molecule has 1 aliphatic rings. The topological polar surface area (TPSA) is 95.6 Å². The minimum atomic E-state index is -0.530. The zero-order chi connectivity index (χ0) is 19.2. The van der Waals surface area contributed by atoms with Crippen molar-refractivity contribution in [3.63, 3.8) is 0 Å². The SMILES string of the molecule is Cc1ccc(/C=C/C(CO)N2CCN(c3ncc(C(N)=O)cn3)CC2)cc1. The van der Waals surface area contributed by atoms with Crippen LogP contribution in [-0.2, 0) is 0 Å². The number of nitrogens with zero attached hydrogens (tertiary/aromatic N) is 4. The van der Waals surface area contributed by atoms with E-state index < -0.39 is 5.91 Å². The quantitative estimate of drug-likeness (QED) is 0.793. The lowest BCUT2D eigenvalue weighted by Gasteiger charge is -2.37. The molecule has 142 valence electrons. The Labute approximate surface area is 159 Å². The van der Waals surface area contributed by atoms with Gasteiger partial charge in [-0.1, -0.05) is 42.0 Å². The second kappa shape index (κ2) is 8.75. The van der Waals surface area contributed by atoms with Crippen molar-refractivity contribution in [1.82, 2.24) is 14.9 Å². The Morgan fingerprint density at radius 3 is 2.37 bits per heavy atom. The Kier molecular flexibility index (Phi) is 6.16. The van der Waals surface area contributed by atoms with Crippen molar-refractivity contribution in [3.05, 3.63) is 59.4 Å². The van der Waals surface area contributed by atoms with E-state index in [1.807, 2.05) is 0 Å². The van der Waals surface area contributed by atoms with Gasteiger partial charge in [0.15, 0.2) is 0 Å². The maximum Gasteiger partial charge on any atom is 0.251 e. The first-order valence-electron chi connectivity index (χ1n) is 9.03. The molecule has 1 fully saturated rings. The molecule has 1 unspecified atom stereocenters. The molecule has 0 bridgehead atoms. The van der Waals surface area contributed by atoms with E-state index in [-0.39, 0.29) is 12.6 Å². The Balaban J connectivity index is 1.58. The number of carbonyl (C=O) groups is 1. The molecule has 0 saturated carbocycles. The third kappa shape index (κ3) is 4.90. The molecule has 7 heteroatoms. The zero-order valence-electron chi connectivity index (χ0n) is 15.5. The first-order valence-corrected chi connectivity index (χ1v) is 9.03. The van der Waals surface area contributed by atoms with E-state index >= 15 is 0 Å². The largest absolute Gasteiger partial charge is 0.394 e. The van der Waals surface area contributed by atoms with Crippen LogP contribution >= 0.6 is 0 Å². The average Bonchev–Trinajstić information content (AvgIpc) is 2.70. The number of primary amides is 1. The summed E-state index contributed by atoms with van der Waals surface area (Å²) in [6.07, 6.45) is 7.02. The smallest absolute Gasteiger partial charge is 0.251 e. The summed E-state index contributed by atoms with van der Waals surface area (Å²) in [5.74, 6) is 0.0629. The van der Waals surface area contributed by atoms with Crippen LogP contribution in [0.15, 0.2) is 42.7 Å². The number of rotatable bonds is 6. The molecule has 0 spiro atoms. The molecule has 3 rings (SSSR count). The Bertz CT molecular complexity index is 781. The average molecular weight is 367 g/mol. The zero-order valence-corrected chi connectivity index (χ0v) is 15.5. The predicted octanol–water partition coefficient (Wildman–Crippen LogP) is 1.08. The number of hydrogen-bond donors (Lipinski definition) is 2. The van der Waals surface area contributed by atoms with Crippen LogP contribution < -0.4 is 10.6 Å². The van der Waals surface area contributed by atoms with Crippen LogP contribution in [0.3, 0.4) is 0 Å². The standard InChI is InChI=1S/C20H25N5O2/c1-15-2-4-16(5-3-15)6-7-18(14-26)24-8-10-25(11-9-24)20-22-12-17(13-23-20)19(21)27/h2-7,12-13,18,26H,8-11,14H2,1H3,(H2,21,27)/b7-6+. The van der Waals surface area contributed by atoms with Gasteiger partial charge in [-0.15, -0.1) is 0 Å². The lowest BCUT2D eigenvalue weighted by atomic mass is 10.1. The number of nitrogens with two attached hydrogens (primary N) is 1. The number of hydrogen-bond acceptors (Lipinski definition) is 6. The summed E-state index contributed by atoms with van der Waals surface area (Å²) < 4.78 is 0. The molecule has 2 aromatic rings. The van der Waals surface area contributed by atoms with Crippen LogP contribution in [-0.4, -0.2) is 64.7 Å². The number of aliphatic hydroxyl groups is 1. The summed E-state index contributed by atoms with van der Waals surface area (Å²) in [4.78, 5) is 23.9. The molecule has 1 amide bonds. The summed E-state index contributed by atoms with van der Waals surface area (Å²) in [7, 11) is 0. The van der Waals surface area contributed by atoms with E-state index in [1.165, 1.54) is 18.0 Å². The molecule has 1 aromatic carbocycles. The molecule has 1 saturated heterocycles. The molecular weight excluding hydrogens is 342 g/mol. The monoisotopic (exact) mass is 367 g/mol. The Morgan fingerprint density at radius 1 is 1.19 bits per heavy atom. The maximum atomic E-state index is 11.1. The fourth-order valence-electron chi connectivity index (χ4n) is 3.06. The summed E-state index contributed by atoms with van der Waals surface area (Å²) >= 11 is 0. The Morgan fingerprint density at radius 2 is 1.81 bits per heavy atom. The third-order valence-corrected chi connectivity index (χ3v) is 4.76. The highest BCUT2D eigenvalue weighted by molar-refractivity contribution is 5.92. The number of aliphatic hydroxyl groups excluding tert-OH is 1. The highest BCUT2D eigenvalue weighted by atomic mass is 16.3. The van der Waals surface area contributed by atoms with Crippen LogP contribution in [0, 0.1) is 6.92 Å². The number of anilines is 1. The predicted molar refractivity (Wildman–Crippen MR) is 105 cm³/mol. The number of aromatic nitrogens is 2. The van der Waals surface area contributed by atoms with Gasteiger partial charge in [0.1, 0.15) is 0 Å². The van der Waals surface area contributed by atoms with Crippen LogP contribution in [0.4, 0.5) is 5.95 Å². The molecule has 1 atom stereocenters. The fraction of sp³-hybridized carbons (Fsp3) is 0.350. The van der Waals surface area contributed by atoms with Gasteiger partial charge in [-0.25, -0.2) is 9.97 Å². The minimum absolute atomic E-state index is 0.0217. The fourth-order valence-corrected chi connectivity index (χ4v) is 3.06. The van der Waals surface area contributed by atoms with Gasteiger partial charge in [0.25, 0.3) is 5.91 Å². The van der Waals surface area contributed by atoms with Gasteiger partial charge < -0.3 is 15.7 Å². The van der Waals surface area contributed by atoms with Crippen molar-refractivity contribution in [2.24, 2.45) is 5.73 Å². The highest BCUT2D eigenvalue weighted by Gasteiger charge is 2.23. The number of amides is 1. The van der Waals surface area contributed by atoms with E-state index in [4.69, 9.17) is 5.73 Å².